The van der Waals surface area contributed by atoms with Crippen LogP contribution in [0.5, 0.6) is 5.75 Å². The number of nitrogens with one attached hydrogen (secondary N) is 1. The zero-order valence-electron chi connectivity index (χ0n) is 14.3. The standard InChI is InChI=1S/C18H24ClNO4/c1-12-7-6-10-18(11-12,17(22)24-3)20-16(21)15(19)13-8-4-5-9-14(13)23-2/h4-5,8-9,12,15H,6-7,10-11H2,1-3H3,(H,20,21). The fourth-order valence-electron chi connectivity index (χ4n) is 3.41. The monoisotopic (exact) mass is 353 g/mol. The summed E-state index contributed by atoms with van der Waals surface area (Å²) in [5, 5.41) is 1.92. The van der Waals surface area contributed by atoms with Gasteiger partial charge < -0.3 is 14.8 Å². The van der Waals surface area contributed by atoms with Gasteiger partial charge >= 0.3 is 5.97 Å². The van der Waals surface area contributed by atoms with Crippen LogP contribution >= 0.6 is 11.6 Å². The summed E-state index contributed by atoms with van der Waals surface area (Å²) >= 11 is 6.36. The van der Waals surface area contributed by atoms with Crippen molar-refractivity contribution in [2.45, 2.75) is 43.5 Å². The van der Waals surface area contributed by atoms with Crippen LogP contribution in [0.15, 0.2) is 24.3 Å². The molecule has 1 aromatic rings. The number of benzene rings is 1. The molecule has 1 amide bonds. The fraction of sp³-hybridized carbons (Fsp3) is 0.556. The highest BCUT2D eigenvalue weighted by atomic mass is 35.5. The van der Waals surface area contributed by atoms with Crippen LogP contribution in [0.3, 0.4) is 0 Å². The van der Waals surface area contributed by atoms with Gasteiger partial charge in [0.1, 0.15) is 16.7 Å². The van der Waals surface area contributed by atoms with Crippen molar-refractivity contribution in [1.82, 2.24) is 5.32 Å². The lowest BCUT2D eigenvalue weighted by Gasteiger charge is -2.38. The number of esters is 1. The van der Waals surface area contributed by atoms with Crippen molar-refractivity contribution in [3.63, 3.8) is 0 Å². The average molecular weight is 354 g/mol. The number of carbonyl (C=O) groups excluding carboxylic acids is 2. The van der Waals surface area contributed by atoms with Crippen LogP contribution in [0.25, 0.3) is 0 Å². The molecule has 1 saturated carbocycles. The molecule has 0 radical (unpaired) electrons. The van der Waals surface area contributed by atoms with E-state index in [1.807, 2.05) is 6.07 Å². The van der Waals surface area contributed by atoms with Crippen molar-refractivity contribution >= 4 is 23.5 Å². The van der Waals surface area contributed by atoms with Crippen LogP contribution in [-0.2, 0) is 14.3 Å². The fourth-order valence-corrected chi connectivity index (χ4v) is 3.65. The molecule has 0 spiro atoms. The Bertz CT molecular complexity index is 606. The molecule has 3 atom stereocenters. The summed E-state index contributed by atoms with van der Waals surface area (Å²) in [5.41, 5.74) is -0.429. The summed E-state index contributed by atoms with van der Waals surface area (Å²) in [6.45, 7) is 2.07. The lowest BCUT2D eigenvalue weighted by molar-refractivity contribution is -0.153. The van der Waals surface area contributed by atoms with Gasteiger partial charge in [-0.3, -0.25) is 4.79 Å². The normalized spacial score (nSPS) is 24.8. The van der Waals surface area contributed by atoms with E-state index >= 15 is 0 Å². The number of para-hydroxylation sites is 1. The number of hydrogen-bond acceptors (Lipinski definition) is 4. The van der Waals surface area contributed by atoms with Crippen molar-refractivity contribution in [2.24, 2.45) is 5.92 Å². The van der Waals surface area contributed by atoms with E-state index in [1.54, 1.807) is 18.2 Å². The lowest BCUT2D eigenvalue weighted by Crippen LogP contribution is -2.57. The van der Waals surface area contributed by atoms with Gasteiger partial charge in [0.05, 0.1) is 14.2 Å². The summed E-state index contributed by atoms with van der Waals surface area (Å²) < 4.78 is 10.2. The highest BCUT2D eigenvalue weighted by Gasteiger charge is 2.45. The maximum atomic E-state index is 12.7. The SMILES string of the molecule is COC(=O)C1(NC(=O)C(Cl)c2ccccc2OC)CCCC(C)C1. The third-order valence-corrected chi connectivity index (χ3v) is 5.01. The first kappa shape index (κ1) is 18.6. The topological polar surface area (TPSA) is 64.6 Å². The number of carbonyl (C=O) groups is 2. The zero-order valence-corrected chi connectivity index (χ0v) is 15.1. The van der Waals surface area contributed by atoms with Crippen molar-refractivity contribution in [2.75, 3.05) is 14.2 Å². The van der Waals surface area contributed by atoms with Gasteiger partial charge in [0, 0.05) is 5.56 Å². The minimum Gasteiger partial charge on any atom is -0.496 e. The van der Waals surface area contributed by atoms with Crippen LogP contribution in [0, 0.1) is 5.92 Å². The minimum atomic E-state index is -1.00. The maximum Gasteiger partial charge on any atom is 0.331 e. The molecule has 0 heterocycles. The number of halogens is 1. The Balaban J connectivity index is 2.22. The molecule has 2 rings (SSSR count). The summed E-state index contributed by atoms with van der Waals surface area (Å²) in [6, 6.07) is 7.09. The van der Waals surface area contributed by atoms with E-state index in [9.17, 15) is 9.59 Å². The number of amides is 1. The number of hydrogen-bond donors (Lipinski definition) is 1. The van der Waals surface area contributed by atoms with E-state index in [1.165, 1.54) is 14.2 Å². The van der Waals surface area contributed by atoms with Crippen molar-refractivity contribution in [3.8, 4) is 5.75 Å². The number of methoxy groups -OCH3 is 2. The third kappa shape index (κ3) is 3.83. The highest BCUT2D eigenvalue weighted by molar-refractivity contribution is 6.31. The Morgan fingerprint density at radius 3 is 2.67 bits per heavy atom. The Hall–Kier alpha value is -1.75. The van der Waals surface area contributed by atoms with Crippen molar-refractivity contribution in [3.05, 3.63) is 29.8 Å². The Morgan fingerprint density at radius 1 is 1.33 bits per heavy atom. The Morgan fingerprint density at radius 2 is 2.04 bits per heavy atom. The van der Waals surface area contributed by atoms with Crippen LogP contribution in [0.2, 0.25) is 0 Å². The van der Waals surface area contributed by atoms with E-state index < -0.39 is 22.8 Å². The number of ether oxygens (including phenoxy) is 2. The molecule has 1 N–H and O–H groups in total. The average Bonchev–Trinajstić information content (AvgIpc) is 2.60. The first-order valence-electron chi connectivity index (χ1n) is 8.11. The molecule has 1 aromatic carbocycles. The largest absolute Gasteiger partial charge is 0.496 e. The molecule has 0 aromatic heterocycles. The summed E-state index contributed by atoms with van der Waals surface area (Å²) in [7, 11) is 2.87. The minimum absolute atomic E-state index is 0.332. The molecule has 5 nitrogen and oxygen atoms in total. The Kier molecular flexibility index (Phi) is 6.10. The maximum absolute atomic E-state index is 12.7. The second-order valence-corrected chi connectivity index (χ2v) is 6.81. The molecule has 1 aliphatic carbocycles. The van der Waals surface area contributed by atoms with Crippen LogP contribution < -0.4 is 10.1 Å². The van der Waals surface area contributed by atoms with Crippen LogP contribution in [-0.4, -0.2) is 31.6 Å². The number of rotatable bonds is 5. The second-order valence-electron chi connectivity index (χ2n) is 6.37. The van der Waals surface area contributed by atoms with Gasteiger partial charge in [-0.15, -0.1) is 11.6 Å². The van der Waals surface area contributed by atoms with Crippen LogP contribution in [0.4, 0.5) is 0 Å². The summed E-state index contributed by atoms with van der Waals surface area (Å²) in [4.78, 5) is 25.1. The van der Waals surface area contributed by atoms with Crippen molar-refractivity contribution < 1.29 is 19.1 Å². The molecule has 0 aliphatic heterocycles. The molecular weight excluding hydrogens is 330 g/mol. The van der Waals surface area contributed by atoms with Gasteiger partial charge in [0.25, 0.3) is 0 Å². The Labute approximate surface area is 147 Å². The number of alkyl halides is 1. The first-order chi connectivity index (χ1) is 11.4. The lowest BCUT2D eigenvalue weighted by atomic mass is 9.76. The molecule has 3 unspecified atom stereocenters. The first-order valence-corrected chi connectivity index (χ1v) is 8.54. The van der Waals surface area contributed by atoms with E-state index in [0.717, 1.165) is 12.8 Å². The molecule has 6 heteroatoms. The molecule has 0 bridgehead atoms. The van der Waals surface area contributed by atoms with E-state index in [4.69, 9.17) is 21.1 Å². The zero-order chi connectivity index (χ0) is 17.7. The molecule has 24 heavy (non-hydrogen) atoms. The summed E-state index contributed by atoms with van der Waals surface area (Å²) in [6.07, 6.45) is 3.01. The van der Waals surface area contributed by atoms with E-state index in [2.05, 4.69) is 12.2 Å². The van der Waals surface area contributed by atoms with Gasteiger partial charge in [-0.25, -0.2) is 4.79 Å². The van der Waals surface area contributed by atoms with E-state index in [0.29, 0.717) is 30.1 Å². The third-order valence-electron chi connectivity index (χ3n) is 4.58. The van der Waals surface area contributed by atoms with Crippen LogP contribution in [0.1, 0.15) is 43.5 Å². The predicted molar refractivity (Wildman–Crippen MR) is 92.1 cm³/mol. The quantitative estimate of drug-likeness (QED) is 0.652. The smallest absolute Gasteiger partial charge is 0.331 e. The predicted octanol–water partition coefficient (Wildman–Crippen LogP) is 3.21. The molecule has 1 aliphatic rings. The van der Waals surface area contributed by atoms with E-state index in [-0.39, 0.29) is 0 Å². The van der Waals surface area contributed by atoms with Gasteiger partial charge in [0.15, 0.2) is 0 Å². The van der Waals surface area contributed by atoms with Gasteiger partial charge in [-0.1, -0.05) is 38.0 Å². The molecule has 132 valence electrons. The summed E-state index contributed by atoms with van der Waals surface area (Å²) in [5.74, 6) is 0.0435. The molecule has 0 saturated heterocycles. The van der Waals surface area contributed by atoms with Crippen molar-refractivity contribution in [1.29, 1.82) is 0 Å². The molecule has 1 fully saturated rings. The van der Waals surface area contributed by atoms with Gasteiger partial charge in [0.2, 0.25) is 5.91 Å². The van der Waals surface area contributed by atoms with Gasteiger partial charge in [-0.2, -0.15) is 0 Å². The molecular formula is C18H24ClNO4. The second kappa shape index (κ2) is 7.88. The van der Waals surface area contributed by atoms with Gasteiger partial charge in [-0.05, 0) is 24.8 Å². The highest BCUT2D eigenvalue weighted by Crippen LogP contribution is 2.35.